The van der Waals surface area contributed by atoms with E-state index in [1.165, 1.54) is 5.56 Å². The molecule has 1 radical (unpaired) electrons. The number of hydrogen-bond donors (Lipinski definition) is 0. The van der Waals surface area contributed by atoms with Gasteiger partial charge in [0.25, 0.3) is 0 Å². The number of hydrogen-bond acceptors (Lipinski definition) is 3. The third kappa shape index (κ3) is 7.27. The van der Waals surface area contributed by atoms with Crippen LogP contribution in [-0.2, 0) is 10.2 Å². The van der Waals surface area contributed by atoms with Crippen molar-refractivity contribution in [3.8, 4) is 5.75 Å². The minimum atomic E-state index is 0. The molecule has 0 fully saturated rings. The van der Waals surface area contributed by atoms with Crippen molar-refractivity contribution in [2.45, 2.75) is 53.9 Å². The summed E-state index contributed by atoms with van der Waals surface area (Å²) in [5, 5.41) is 1.07. The van der Waals surface area contributed by atoms with Crippen molar-refractivity contribution in [1.29, 1.82) is 0 Å². The van der Waals surface area contributed by atoms with Crippen molar-refractivity contribution in [3.05, 3.63) is 58.1 Å². The van der Waals surface area contributed by atoms with E-state index >= 15 is 0 Å². The topological polar surface area (TPSA) is 35.5 Å². The van der Waals surface area contributed by atoms with Crippen LogP contribution in [0.25, 0.3) is 0 Å². The molecular formula is C24H33LiO3P. The van der Waals surface area contributed by atoms with E-state index in [2.05, 4.69) is 32.9 Å². The fourth-order valence-corrected chi connectivity index (χ4v) is 4.37. The van der Waals surface area contributed by atoms with E-state index in [9.17, 15) is 4.79 Å². The van der Waals surface area contributed by atoms with Gasteiger partial charge in [0.1, 0.15) is 12.4 Å². The van der Waals surface area contributed by atoms with E-state index in [0.717, 1.165) is 33.3 Å². The summed E-state index contributed by atoms with van der Waals surface area (Å²) < 4.78 is 11.0. The normalized spacial score (nSPS) is 11.6. The van der Waals surface area contributed by atoms with Crippen LogP contribution in [0.15, 0.2) is 30.3 Å². The third-order valence-corrected chi connectivity index (χ3v) is 6.08. The van der Waals surface area contributed by atoms with Crippen LogP contribution in [0.5, 0.6) is 5.75 Å². The summed E-state index contributed by atoms with van der Waals surface area (Å²) in [5.41, 5.74) is 5.63. The van der Waals surface area contributed by atoms with Gasteiger partial charge in [-0.25, -0.2) is 0 Å². The maximum atomic E-state index is 13.1. The van der Waals surface area contributed by atoms with Crippen LogP contribution in [0.1, 0.15) is 60.3 Å². The molecule has 2 rings (SSSR count). The van der Waals surface area contributed by atoms with E-state index in [-0.39, 0.29) is 38.4 Å². The van der Waals surface area contributed by atoms with Crippen LogP contribution in [0.3, 0.4) is 0 Å². The number of carbonyl (C=O) groups excluding carboxylic acids is 1. The zero-order valence-electron chi connectivity index (χ0n) is 19.2. The summed E-state index contributed by atoms with van der Waals surface area (Å²) in [5.74, 6) is 0.820. The Bertz CT molecular complexity index is 817. The van der Waals surface area contributed by atoms with Crippen LogP contribution < -0.4 is 10.0 Å². The molecule has 0 spiro atoms. The molecule has 0 aromatic heterocycles. The molecule has 2 aromatic carbocycles. The maximum Gasteiger partial charge on any atom is 0.186 e. The number of benzene rings is 2. The molecule has 0 aliphatic carbocycles. The molecule has 0 saturated carbocycles. The van der Waals surface area contributed by atoms with Gasteiger partial charge in [0.15, 0.2) is 5.52 Å². The van der Waals surface area contributed by atoms with Gasteiger partial charge in [-0.2, -0.15) is 0 Å². The van der Waals surface area contributed by atoms with Crippen LogP contribution in [-0.4, -0.2) is 44.2 Å². The second kappa shape index (κ2) is 11.3. The Balaban J connectivity index is 0.00000420. The molecule has 1 unspecified atom stereocenters. The van der Waals surface area contributed by atoms with Gasteiger partial charge in [0.2, 0.25) is 0 Å². The first-order valence-corrected chi connectivity index (χ1v) is 10.9. The Morgan fingerprint density at radius 1 is 0.966 bits per heavy atom. The Labute approximate surface area is 189 Å². The molecule has 2 aromatic rings. The summed E-state index contributed by atoms with van der Waals surface area (Å²) in [6.45, 7) is 16.5. The van der Waals surface area contributed by atoms with Crippen LogP contribution in [0.4, 0.5) is 0 Å². The largest absolute Gasteiger partial charge is 0.491 e. The first-order chi connectivity index (χ1) is 13.1. The van der Waals surface area contributed by atoms with E-state index in [1.807, 2.05) is 45.9 Å². The van der Waals surface area contributed by atoms with Gasteiger partial charge in [-0.1, -0.05) is 39.0 Å². The predicted molar refractivity (Wildman–Crippen MR) is 126 cm³/mol. The zero-order chi connectivity index (χ0) is 20.9. The first-order valence-electron chi connectivity index (χ1n) is 9.87. The van der Waals surface area contributed by atoms with Crippen molar-refractivity contribution in [3.63, 3.8) is 0 Å². The minimum absolute atomic E-state index is 0. The van der Waals surface area contributed by atoms with Gasteiger partial charge in [-0.3, -0.25) is 4.79 Å². The molecule has 3 nitrogen and oxygen atoms in total. The van der Waals surface area contributed by atoms with Crippen LogP contribution >= 0.6 is 8.58 Å². The van der Waals surface area contributed by atoms with Gasteiger partial charge in [0.05, 0.1) is 6.61 Å². The second-order valence-electron chi connectivity index (χ2n) is 8.21. The van der Waals surface area contributed by atoms with Crippen molar-refractivity contribution in [2.24, 2.45) is 0 Å². The quantitative estimate of drug-likeness (QED) is 0.347. The average molecular weight is 407 g/mol. The Morgan fingerprint density at radius 3 is 2.10 bits per heavy atom. The van der Waals surface area contributed by atoms with Crippen molar-refractivity contribution in [2.75, 3.05) is 19.8 Å². The van der Waals surface area contributed by atoms with E-state index < -0.39 is 0 Å². The molecule has 0 aliphatic rings. The first kappa shape index (κ1) is 25.9. The summed E-state index contributed by atoms with van der Waals surface area (Å²) in [6.07, 6.45) is 0. The molecule has 5 heteroatoms. The van der Waals surface area contributed by atoms with Crippen molar-refractivity contribution in [1.82, 2.24) is 0 Å². The molecule has 0 heterocycles. The van der Waals surface area contributed by atoms with Crippen LogP contribution in [0.2, 0.25) is 0 Å². The maximum absolute atomic E-state index is 13.1. The Kier molecular flexibility index (Phi) is 10.1. The zero-order valence-corrected chi connectivity index (χ0v) is 20.2. The van der Waals surface area contributed by atoms with Gasteiger partial charge in [-0.05, 0) is 81.4 Å². The number of ether oxygens (including phenoxy) is 2. The second-order valence-corrected chi connectivity index (χ2v) is 9.45. The number of aryl methyl sites for hydroxylation is 3. The number of rotatable bonds is 8. The van der Waals surface area contributed by atoms with E-state index in [0.29, 0.717) is 19.8 Å². The minimum Gasteiger partial charge on any atom is -0.491 e. The van der Waals surface area contributed by atoms with Gasteiger partial charge in [-0.15, -0.1) is 0 Å². The summed E-state index contributed by atoms with van der Waals surface area (Å²) >= 11 is 0. The fraction of sp³-hybridized carbons (Fsp3) is 0.458. The molecule has 1 atom stereocenters. The number of carbonyl (C=O) groups is 1. The summed E-state index contributed by atoms with van der Waals surface area (Å²) in [7, 11) is 0.110. The van der Waals surface area contributed by atoms with Crippen molar-refractivity contribution >= 4 is 38.3 Å². The molecule has 0 amide bonds. The van der Waals surface area contributed by atoms with E-state index in [1.54, 1.807) is 0 Å². The van der Waals surface area contributed by atoms with Crippen molar-refractivity contribution < 1.29 is 14.3 Å². The monoisotopic (exact) mass is 407 g/mol. The van der Waals surface area contributed by atoms with Gasteiger partial charge >= 0.3 is 0 Å². The van der Waals surface area contributed by atoms with Gasteiger partial charge < -0.3 is 9.47 Å². The van der Waals surface area contributed by atoms with E-state index in [4.69, 9.17) is 9.47 Å². The fourth-order valence-electron chi connectivity index (χ4n) is 3.17. The Hall–Kier alpha value is -1.10. The average Bonchev–Trinajstić information content (AvgIpc) is 2.59. The molecule has 29 heavy (non-hydrogen) atoms. The molecule has 0 N–H and O–H groups in total. The standard InChI is InChI=1S/C24H33O3P.Li/c1-8-26-11-12-27-20-9-10-21(16(2)15-20)28-23(25)22-17(3)13-19(14-18(22)4)24(5,6)7;/h9-10,13-15,28H,8,11-12H2,1-7H3;. The van der Waals surface area contributed by atoms with Crippen LogP contribution in [0, 0.1) is 20.8 Å². The smallest absolute Gasteiger partial charge is 0.186 e. The summed E-state index contributed by atoms with van der Waals surface area (Å²) in [6, 6.07) is 10.3. The predicted octanol–water partition coefficient (Wildman–Crippen LogP) is 5.09. The SMILES string of the molecule is CCOCCOc1ccc(PC(=O)c2c(C)cc(C(C)(C)C)cc2C)c(C)c1.[Li]. The molecular weight excluding hydrogens is 374 g/mol. The van der Waals surface area contributed by atoms with Gasteiger partial charge in [0, 0.05) is 31.0 Å². The molecule has 0 bridgehead atoms. The third-order valence-electron chi connectivity index (χ3n) is 4.77. The summed E-state index contributed by atoms with van der Waals surface area (Å²) in [4.78, 5) is 13.1. The molecule has 153 valence electrons. The molecule has 0 saturated heterocycles. The Morgan fingerprint density at radius 2 is 1.59 bits per heavy atom. The molecule has 0 aliphatic heterocycles.